The van der Waals surface area contributed by atoms with Crippen molar-refractivity contribution in [1.82, 2.24) is 20.4 Å². The third-order valence-electron chi connectivity index (χ3n) is 2.55. The van der Waals surface area contributed by atoms with E-state index in [1.54, 1.807) is 7.05 Å². The van der Waals surface area contributed by atoms with Crippen LogP contribution in [-0.2, 0) is 17.9 Å². The number of rotatable bonds is 6. The number of hydrogen-bond donors (Lipinski definition) is 2. The normalized spacial score (nSPS) is 10.6. The molecule has 0 aliphatic rings. The van der Waals surface area contributed by atoms with Crippen LogP contribution in [0.25, 0.3) is 0 Å². The molecule has 0 saturated carbocycles. The Bertz CT molecular complexity index is 389. The highest BCUT2D eigenvalue weighted by Crippen LogP contribution is 2.20. The maximum absolute atomic E-state index is 11.0. The summed E-state index contributed by atoms with van der Waals surface area (Å²) in [6.45, 7) is 6.27. The van der Waals surface area contributed by atoms with Crippen LogP contribution in [0.5, 0.6) is 0 Å². The summed E-state index contributed by atoms with van der Waals surface area (Å²) in [4.78, 5) is 11.0. The molecule has 0 atom stereocenters. The summed E-state index contributed by atoms with van der Waals surface area (Å²) in [6.07, 6.45) is 0.493. The fourth-order valence-corrected chi connectivity index (χ4v) is 2.00. The first-order chi connectivity index (χ1) is 8.10. The summed E-state index contributed by atoms with van der Waals surface area (Å²) in [5.74, 6) is 0.0525. The lowest BCUT2D eigenvalue weighted by Gasteiger charge is -2.07. The van der Waals surface area contributed by atoms with Crippen LogP contribution in [-0.4, -0.2) is 29.3 Å². The van der Waals surface area contributed by atoms with Crippen LogP contribution in [0.15, 0.2) is 4.47 Å². The van der Waals surface area contributed by atoms with Gasteiger partial charge in [0.15, 0.2) is 0 Å². The summed E-state index contributed by atoms with van der Waals surface area (Å²) >= 11 is 3.53. The molecule has 96 valence electrons. The van der Waals surface area contributed by atoms with Gasteiger partial charge in [0.05, 0.1) is 15.9 Å². The van der Waals surface area contributed by atoms with Crippen molar-refractivity contribution >= 4 is 21.8 Å². The first kappa shape index (κ1) is 14.2. The lowest BCUT2D eigenvalue weighted by Crippen LogP contribution is -2.25. The molecule has 17 heavy (non-hydrogen) atoms. The van der Waals surface area contributed by atoms with E-state index in [4.69, 9.17) is 0 Å². The first-order valence-corrected chi connectivity index (χ1v) is 6.52. The van der Waals surface area contributed by atoms with Crippen LogP contribution in [0.3, 0.4) is 0 Å². The lowest BCUT2D eigenvalue weighted by molar-refractivity contribution is -0.120. The Morgan fingerprint density at radius 3 is 2.82 bits per heavy atom. The zero-order valence-electron chi connectivity index (χ0n) is 10.5. The molecule has 5 nitrogen and oxygen atoms in total. The molecule has 0 aromatic carbocycles. The highest BCUT2D eigenvalue weighted by molar-refractivity contribution is 9.10. The number of aryl methyl sites for hydroxylation is 2. The first-order valence-electron chi connectivity index (χ1n) is 5.73. The van der Waals surface area contributed by atoms with Crippen molar-refractivity contribution in [3.05, 3.63) is 15.9 Å². The average Bonchev–Trinajstić information content (AvgIpc) is 2.61. The van der Waals surface area contributed by atoms with Crippen molar-refractivity contribution in [1.29, 1.82) is 0 Å². The fraction of sp³-hybridized carbons (Fsp3) is 0.636. The summed E-state index contributed by atoms with van der Waals surface area (Å²) in [5, 5.41) is 10.2. The number of amides is 1. The predicted octanol–water partition coefficient (Wildman–Crippen LogP) is 1.20. The molecule has 0 saturated heterocycles. The zero-order valence-corrected chi connectivity index (χ0v) is 12.1. The molecule has 0 radical (unpaired) electrons. The largest absolute Gasteiger partial charge is 0.359 e. The minimum Gasteiger partial charge on any atom is -0.359 e. The maximum Gasteiger partial charge on any atom is 0.221 e. The van der Waals surface area contributed by atoms with Crippen molar-refractivity contribution in [2.45, 2.75) is 33.4 Å². The summed E-state index contributed by atoms with van der Waals surface area (Å²) in [7, 11) is 1.65. The van der Waals surface area contributed by atoms with Crippen LogP contribution < -0.4 is 10.6 Å². The van der Waals surface area contributed by atoms with Crippen molar-refractivity contribution in [2.24, 2.45) is 0 Å². The molecule has 0 unspecified atom stereocenters. The van der Waals surface area contributed by atoms with Gasteiger partial charge in [0, 0.05) is 33.1 Å². The number of hydrogen-bond acceptors (Lipinski definition) is 3. The van der Waals surface area contributed by atoms with Gasteiger partial charge in [-0.1, -0.05) is 0 Å². The Kier molecular flexibility index (Phi) is 5.64. The van der Waals surface area contributed by atoms with E-state index in [0.717, 1.165) is 22.4 Å². The van der Waals surface area contributed by atoms with E-state index in [1.165, 1.54) is 0 Å². The number of aromatic nitrogens is 2. The zero-order chi connectivity index (χ0) is 12.8. The predicted molar refractivity (Wildman–Crippen MR) is 70.7 cm³/mol. The van der Waals surface area contributed by atoms with Gasteiger partial charge in [0.25, 0.3) is 0 Å². The van der Waals surface area contributed by atoms with Crippen LogP contribution in [0, 0.1) is 6.92 Å². The second-order valence-electron chi connectivity index (χ2n) is 3.76. The summed E-state index contributed by atoms with van der Waals surface area (Å²) < 4.78 is 3.01. The van der Waals surface area contributed by atoms with E-state index in [2.05, 4.69) is 38.6 Å². The third kappa shape index (κ3) is 3.81. The fourth-order valence-electron chi connectivity index (χ4n) is 1.57. The van der Waals surface area contributed by atoms with E-state index in [9.17, 15) is 4.79 Å². The van der Waals surface area contributed by atoms with Crippen LogP contribution in [0.1, 0.15) is 24.7 Å². The Morgan fingerprint density at radius 2 is 2.24 bits per heavy atom. The van der Waals surface area contributed by atoms with Gasteiger partial charge < -0.3 is 10.6 Å². The van der Waals surface area contributed by atoms with Gasteiger partial charge in [-0.2, -0.15) is 5.10 Å². The standard InChI is InChI=1S/C11H19BrN4O/c1-4-16-9(11(12)8(2)15-16)7-14-6-5-10(17)13-3/h14H,4-7H2,1-3H3,(H,13,17). The Labute approximate surface area is 110 Å². The molecule has 1 aromatic heterocycles. The number of nitrogens with one attached hydrogen (secondary N) is 2. The summed E-state index contributed by atoms with van der Waals surface area (Å²) in [6, 6.07) is 0. The topological polar surface area (TPSA) is 59.0 Å². The smallest absolute Gasteiger partial charge is 0.221 e. The SMILES string of the molecule is CCn1nc(C)c(Br)c1CNCCC(=O)NC. The van der Waals surface area contributed by atoms with E-state index in [1.807, 2.05) is 11.6 Å². The number of halogens is 1. The van der Waals surface area contributed by atoms with Crippen molar-refractivity contribution in [3.8, 4) is 0 Å². The van der Waals surface area contributed by atoms with Gasteiger partial charge in [0.2, 0.25) is 5.91 Å². The quantitative estimate of drug-likeness (QED) is 0.776. The van der Waals surface area contributed by atoms with Gasteiger partial charge in [-0.25, -0.2) is 0 Å². The van der Waals surface area contributed by atoms with E-state index >= 15 is 0 Å². The maximum atomic E-state index is 11.0. The molecule has 0 fully saturated rings. The molecule has 2 N–H and O–H groups in total. The van der Waals surface area contributed by atoms with Gasteiger partial charge in [0.1, 0.15) is 0 Å². The molecule has 1 aromatic rings. The number of carbonyl (C=O) groups is 1. The number of nitrogens with zero attached hydrogens (tertiary/aromatic N) is 2. The second-order valence-corrected chi connectivity index (χ2v) is 4.55. The van der Waals surface area contributed by atoms with Gasteiger partial charge in [-0.15, -0.1) is 0 Å². The molecule has 6 heteroatoms. The molecule has 0 bridgehead atoms. The Morgan fingerprint density at radius 1 is 1.53 bits per heavy atom. The Balaban J connectivity index is 2.48. The van der Waals surface area contributed by atoms with Crippen LogP contribution in [0.4, 0.5) is 0 Å². The highest BCUT2D eigenvalue weighted by Gasteiger charge is 2.11. The van der Waals surface area contributed by atoms with Crippen molar-refractivity contribution in [2.75, 3.05) is 13.6 Å². The molecule has 0 spiro atoms. The Hall–Kier alpha value is -0.880. The monoisotopic (exact) mass is 302 g/mol. The van der Waals surface area contributed by atoms with E-state index < -0.39 is 0 Å². The van der Waals surface area contributed by atoms with Gasteiger partial charge in [-0.05, 0) is 29.8 Å². The molecular formula is C11H19BrN4O. The average molecular weight is 303 g/mol. The van der Waals surface area contributed by atoms with E-state index in [0.29, 0.717) is 19.5 Å². The summed E-state index contributed by atoms with van der Waals surface area (Å²) in [5.41, 5.74) is 2.12. The van der Waals surface area contributed by atoms with E-state index in [-0.39, 0.29) is 5.91 Å². The minimum absolute atomic E-state index is 0.0525. The molecule has 1 rings (SSSR count). The number of carbonyl (C=O) groups excluding carboxylic acids is 1. The van der Waals surface area contributed by atoms with Crippen molar-refractivity contribution < 1.29 is 4.79 Å². The lowest BCUT2D eigenvalue weighted by atomic mass is 10.3. The second kappa shape index (κ2) is 6.76. The minimum atomic E-state index is 0.0525. The molecule has 1 amide bonds. The molecule has 0 aliphatic carbocycles. The molecular weight excluding hydrogens is 284 g/mol. The van der Waals surface area contributed by atoms with Crippen LogP contribution >= 0.6 is 15.9 Å². The van der Waals surface area contributed by atoms with Crippen LogP contribution in [0.2, 0.25) is 0 Å². The molecule has 0 aliphatic heterocycles. The van der Waals surface area contributed by atoms with Gasteiger partial charge >= 0.3 is 0 Å². The molecule has 1 heterocycles. The third-order valence-corrected chi connectivity index (χ3v) is 3.58. The van der Waals surface area contributed by atoms with Crippen molar-refractivity contribution in [3.63, 3.8) is 0 Å². The highest BCUT2D eigenvalue weighted by atomic mass is 79.9. The van der Waals surface area contributed by atoms with Gasteiger partial charge in [-0.3, -0.25) is 9.48 Å².